The Balaban J connectivity index is 1.89. The van der Waals surface area contributed by atoms with Gasteiger partial charge in [0.25, 0.3) is 5.91 Å². The third-order valence-electron chi connectivity index (χ3n) is 5.62. The first-order chi connectivity index (χ1) is 13.4. The fourth-order valence-electron chi connectivity index (χ4n) is 3.67. The molecule has 1 fully saturated rings. The molecule has 0 bridgehead atoms. The molecule has 3 atom stereocenters. The fraction of sp³-hybridized carbons (Fsp3) is 0.619. The second-order valence-electron chi connectivity index (χ2n) is 7.36. The highest BCUT2D eigenvalue weighted by molar-refractivity contribution is 5.95. The lowest BCUT2D eigenvalue weighted by molar-refractivity contribution is -0.122. The number of carbonyl (C=O) groups is 2. The Kier molecular flexibility index (Phi) is 7.96. The molecule has 1 saturated carbocycles. The van der Waals surface area contributed by atoms with Crippen molar-refractivity contribution in [3.8, 4) is 17.2 Å². The number of amides is 2. The first-order valence-electron chi connectivity index (χ1n) is 9.78. The summed E-state index contributed by atoms with van der Waals surface area (Å²) in [5.41, 5.74) is 0.379. The van der Waals surface area contributed by atoms with E-state index in [1.165, 1.54) is 27.8 Å². The molecule has 0 spiro atoms. The van der Waals surface area contributed by atoms with E-state index in [0.29, 0.717) is 34.6 Å². The van der Waals surface area contributed by atoms with Crippen LogP contribution in [0.2, 0.25) is 0 Å². The van der Waals surface area contributed by atoms with Gasteiger partial charge in [0.05, 0.1) is 21.3 Å². The highest BCUT2D eigenvalue weighted by Crippen LogP contribution is 2.38. The second kappa shape index (κ2) is 10.2. The zero-order valence-corrected chi connectivity index (χ0v) is 17.5. The van der Waals surface area contributed by atoms with Crippen molar-refractivity contribution < 1.29 is 23.8 Å². The Morgan fingerprint density at radius 3 is 2.25 bits per heavy atom. The highest BCUT2D eigenvalue weighted by atomic mass is 16.5. The van der Waals surface area contributed by atoms with Crippen molar-refractivity contribution >= 4 is 11.8 Å². The maximum atomic E-state index is 12.5. The van der Waals surface area contributed by atoms with E-state index in [1.807, 2.05) is 0 Å². The van der Waals surface area contributed by atoms with E-state index in [0.717, 1.165) is 12.8 Å². The van der Waals surface area contributed by atoms with Crippen molar-refractivity contribution in [2.24, 2.45) is 11.8 Å². The van der Waals surface area contributed by atoms with Gasteiger partial charge in [0, 0.05) is 24.6 Å². The average molecular weight is 392 g/mol. The lowest BCUT2D eigenvalue weighted by Crippen LogP contribution is -2.44. The van der Waals surface area contributed by atoms with E-state index >= 15 is 0 Å². The highest BCUT2D eigenvalue weighted by Gasteiger charge is 2.28. The van der Waals surface area contributed by atoms with Gasteiger partial charge in [0.2, 0.25) is 11.7 Å². The molecule has 3 unspecified atom stereocenters. The van der Waals surface area contributed by atoms with Gasteiger partial charge in [-0.2, -0.15) is 0 Å². The van der Waals surface area contributed by atoms with E-state index < -0.39 is 0 Å². The molecule has 0 heterocycles. The number of methoxy groups -OCH3 is 3. The molecule has 2 amide bonds. The van der Waals surface area contributed by atoms with Gasteiger partial charge in [-0.3, -0.25) is 9.59 Å². The zero-order valence-electron chi connectivity index (χ0n) is 17.5. The van der Waals surface area contributed by atoms with Gasteiger partial charge < -0.3 is 24.8 Å². The molecule has 2 N–H and O–H groups in total. The van der Waals surface area contributed by atoms with Crippen LogP contribution in [0.4, 0.5) is 0 Å². The van der Waals surface area contributed by atoms with Gasteiger partial charge in [-0.15, -0.1) is 0 Å². The van der Waals surface area contributed by atoms with Crippen LogP contribution in [-0.4, -0.2) is 45.7 Å². The molecule has 7 heteroatoms. The van der Waals surface area contributed by atoms with Crippen LogP contribution in [0.15, 0.2) is 12.1 Å². The van der Waals surface area contributed by atoms with Gasteiger partial charge in [-0.05, 0) is 30.4 Å². The van der Waals surface area contributed by atoms with Gasteiger partial charge in [0.15, 0.2) is 11.5 Å². The predicted molar refractivity (Wildman–Crippen MR) is 107 cm³/mol. The summed E-state index contributed by atoms with van der Waals surface area (Å²) in [6, 6.07) is 3.39. The van der Waals surface area contributed by atoms with Crippen LogP contribution >= 0.6 is 0 Å². The first kappa shape index (κ1) is 21.9. The summed E-state index contributed by atoms with van der Waals surface area (Å²) >= 11 is 0. The minimum atomic E-state index is -0.299. The van der Waals surface area contributed by atoms with Crippen molar-refractivity contribution in [2.45, 2.75) is 45.6 Å². The van der Waals surface area contributed by atoms with Gasteiger partial charge >= 0.3 is 0 Å². The number of benzene rings is 1. The Morgan fingerprint density at radius 2 is 1.68 bits per heavy atom. The van der Waals surface area contributed by atoms with Crippen LogP contribution < -0.4 is 24.8 Å². The molecule has 7 nitrogen and oxygen atoms in total. The molecular weight excluding hydrogens is 360 g/mol. The largest absolute Gasteiger partial charge is 0.493 e. The van der Waals surface area contributed by atoms with Crippen molar-refractivity contribution in [2.75, 3.05) is 27.9 Å². The third-order valence-corrected chi connectivity index (χ3v) is 5.62. The molecule has 0 radical (unpaired) electrons. The summed E-state index contributed by atoms with van der Waals surface area (Å²) in [6.07, 6.45) is 3.63. The van der Waals surface area contributed by atoms with Gasteiger partial charge in [-0.25, -0.2) is 0 Å². The van der Waals surface area contributed by atoms with Gasteiger partial charge in [0.1, 0.15) is 0 Å². The fourth-order valence-corrected chi connectivity index (χ4v) is 3.67. The van der Waals surface area contributed by atoms with E-state index in [1.54, 1.807) is 12.1 Å². The van der Waals surface area contributed by atoms with Crippen LogP contribution in [0.3, 0.4) is 0 Å². The summed E-state index contributed by atoms with van der Waals surface area (Å²) in [5, 5.41) is 5.89. The van der Waals surface area contributed by atoms with E-state index in [-0.39, 0.29) is 30.8 Å². The first-order valence-corrected chi connectivity index (χ1v) is 9.78. The topological polar surface area (TPSA) is 85.9 Å². The van der Waals surface area contributed by atoms with Crippen molar-refractivity contribution in [1.29, 1.82) is 0 Å². The van der Waals surface area contributed by atoms with Crippen molar-refractivity contribution in [3.63, 3.8) is 0 Å². The molecule has 2 rings (SSSR count). The maximum Gasteiger partial charge on any atom is 0.251 e. The standard InChI is InChI=1S/C21H32N2O5/c1-13-7-6-8-16(14(13)2)23-19(24)9-10-22-21(25)15-11-17(26-3)20(28-5)18(12-15)27-4/h11-14,16H,6-10H2,1-5H3,(H,22,25)(H,23,24). The van der Waals surface area contributed by atoms with E-state index in [9.17, 15) is 9.59 Å². The number of ether oxygens (including phenoxy) is 3. The molecular formula is C21H32N2O5. The lowest BCUT2D eigenvalue weighted by atomic mass is 9.78. The number of rotatable bonds is 8. The Morgan fingerprint density at radius 1 is 1.04 bits per heavy atom. The summed E-state index contributed by atoms with van der Waals surface area (Å²) in [6.45, 7) is 4.69. The van der Waals surface area contributed by atoms with Crippen molar-refractivity contribution in [1.82, 2.24) is 10.6 Å². The quantitative estimate of drug-likeness (QED) is 0.710. The second-order valence-corrected chi connectivity index (χ2v) is 7.36. The molecule has 1 aliphatic carbocycles. The minimum Gasteiger partial charge on any atom is -0.493 e. The van der Waals surface area contributed by atoms with Gasteiger partial charge in [-0.1, -0.05) is 26.7 Å². The van der Waals surface area contributed by atoms with Crippen LogP contribution in [0.25, 0.3) is 0 Å². The van der Waals surface area contributed by atoms with Crippen LogP contribution in [0.1, 0.15) is 49.9 Å². The Labute approximate surface area is 167 Å². The average Bonchev–Trinajstić information content (AvgIpc) is 2.70. The lowest BCUT2D eigenvalue weighted by Gasteiger charge is -2.34. The number of carbonyl (C=O) groups excluding carboxylic acids is 2. The van der Waals surface area contributed by atoms with Crippen LogP contribution in [-0.2, 0) is 4.79 Å². The third kappa shape index (κ3) is 5.30. The number of hydrogen-bond donors (Lipinski definition) is 2. The molecule has 0 aromatic heterocycles. The molecule has 156 valence electrons. The number of nitrogens with one attached hydrogen (secondary N) is 2. The predicted octanol–water partition coefficient (Wildman–Crippen LogP) is 2.77. The summed E-state index contributed by atoms with van der Waals surface area (Å²) in [5.74, 6) is 2.01. The molecule has 28 heavy (non-hydrogen) atoms. The summed E-state index contributed by atoms with van der Waals surface area (Å²) in [4.78, 5) is 24.7. The molecule has 1 aliphatic rings. The van der Waals surface area contributed by atoms with Crippen molar-refractivity contribution in [3.05, 3.63) is 17.7 Å². The molecule has 1 aromatic rings. The maximum absolute atomic E-state index is 12.5. The smallest absolute Gasteiger partial charge is 0.251 e. The summed E-state index contributed by atoms with van der Waals surface area (Å²) < 4.78 is 15.8. The zero-order chi connectivity index (χ0) is 20.7. The monoisotopic (exact) mass is 392 g/mol. The van der Waals surface area contributed by atoms with E-state index in [2.05, 4.69) is 24.5 Å². The molecule has 0 aliphatic heterocycles. The summed E-state index contributed by atoms with van der Waals surface area (Å²) in [7, 11) is 4.50. The number of hydrogen-bond acceptors (Lipinski definition) is 5. The molecule has 1 aromatic carbocycles. The molecule has 0 saturated heterocycles. The van der Waals surface area contributed by atoms with Crippen LogP contribution in [0, 0.1) is 11.8 Å². The van der Waals surface area contributed by atoms with Crippen LogP contribution in [0.5, 0.6) is 17.2 Å². The Bertz CT molecular complexity index is 666. The normalized spacial score (nSPS) is 21.5. The SMILES string of the molecule is COc1cc(C(=O)NCCC(=O)NC2CCCC(C)C2C)cc(OC)c1OC. The minimum absolute atomic E-state index is 0.0313. The Hall–Kier alpha value is -2.44. The van der Waals surface area contributed by atoms with E-state index in [4.69, 9.17) is 14.2 Å².